The van der Waals surface area contributed by atoms with E-state index in [2.05, 4.69) is 0 Å². The fourth-order valence-corrected chi connectivity index (χ4v) is 4.35. The Bertz CT molecular complexity index is 1010. The van der Waals surface area contributed by atoms with Gasteiger partial charge in [0.2, 0.25) is 0 Å². The van der Waals surface area contributed by atoms with Crippen molar-refractivity contribution in [2.45, 2.75) is 37.0 Å². The van der Waals surface area contributed by atoms with Crippen LogP contribution < -0.4 is 4.74 Å². The van der Waals surface area contributed by atoms with Crippen LogP contribution >= 0.6 is 23.4 Å². The van der Waals surface area contributed by atoms with Gasteiger partial charge in [0, 0.05) is 5.02 Å². The van der Waals surface area contributed by atoms with Crippen LogP contribution in [0.2, 0.25) is 5.02 Å². The van der Waals surface area contributed by atoms with Crippen LogP contribution in [-0.2, 0) is 30.3 Å². The van der Waals surface area contributed by atoms with E-state index in [1.165, 1.54) is 0 Å². The minimum absolute atomic E-state index is 0.00393. The standard InChI is InChI=1S/C23H21ClO7S/c24-16-3-1-2-15(11-16)19(31-22(28)9-8-21(26)27)13-30-17-6-4-14(5-7-17)10-20-18(25)12-23(29)32-20/h1-7,11,19-20H,8-10,12-13H2,(H,26,27)/t19-,20?/m1/s1. The lowest BCUT2D eigenvalue weighted by Gasteiger charge is -2.19. The first-order valence-corrected chi connectivity index (χ1v) is 11.2. The number of ketones is 1. The summed E-state index contributed by atoms with van der Waals surface area (Å²) < 4.78 is 11.2. The number of rotatable bonds is 10. The van der Waals surface area contributed by atoms with Gasteiger partial charge in [-0.3, -0.25) is 19.2 Å². The van der Waals surface area contributed by atoms with Gasteiger partial charge in [-0.15, -0.1) is 0 Å². The summed E-state index contributed by atoms with van der Waals surface area (Å²) in [5, 5.41) is 8.79. The fourth-order valence-electron chi connectivity index (χ4n) is 3.12. The summed E-state index contributed by atoms with van der Waals surface area (Å²) in [5.74, 6) is -1.25. The van der Waals surface area contributed by atoms with E-state index < -0.39 is 18.0 Å². The van der Waals surface area contributed by atoms with E-state index in [9.17, 15) is 19.2 Å². The maximum atomic E-state index is 12.1. The van der Waals surface area contributed by atoms with Gasteiger partial charge in [0.1, 0.15) is 12.4 Å². The summed E-state index contributed by atoms with van der Waals surface area (Å²) in [7, 11) is 0. The molecular weight excluding hydrogens is 456 g/mol. The molecule has 0 saturated carbocycles. The minimum atomic E-state index is -1.08. The summed E-state index contributed by atoms with van der Waals surface area (Å²) in [6, 6.07) is 13.9. The van der Waals surface area contributed by atoms with E-state index in [0.29, 0.717) is 22.8 Å². The predicted molar refractivity (Wildman–Crippen MR) is 119 cm³/mol. The average Bonchev–Trinajstić information content (AvgIpc) is 3.07. The number of carboxylic acids is 1. The lowest BCUT2D eigenvalue weighted by atomic mass is 10.1. The van der Waals surface area contributed by atoms with Gasteiger partial charge >= 0.3 is 11.9 Å². The highest BCUT2D eigenvalue weighted by Gasteiger charge is 2.31. The smallest absolute Gasteiger partial charge is 0.307 e. The first-order chi connectivity index (χ1) is 15.3. The molecule has 0 amide bonds. The van der Waals surface area contributed by atoms with E-state index in [1.54, 1.807) is 36.4 Å². The second kappa shape index (κ2) is 11.2. The number of esters is 1. The third-order valence-electron chi connectivity index (χ3n) is 4.73. The molecule has 1 aliphatic heterocycles. The number of halogens is 1. The molecule has 0 bridgehead atoms. The molecule has 1 N–H and O–H groups in total. The Morgan fingerprint density at radius 3 is 2.50 bits per heavy atom. The van der Waals surface area contributed by atoms with Gasteiger partial charge in [-0.05, 0) is 41.8 Å². The Morgan fingerprint density at radius 1 is 1.12 bits per heavy atom. The van der Waals surface area contributed by atoms with Crippen LogP contribution in [0.15, 0.2) is 48.5 Å². The van der Waals surface area contributed by atoms with Crippen molar-refractivity contribution in [2.24, 2.45) is 0 Å². The molecule has 1 fully saturated rings. The zero-order chi connectivity index (χ0) is 23.1. The molecule has 0 radical (unpaired) electrons. The van der Waals surface area contributed by atoms with Gasteiger partial charge in [0.15, 0.2) is 17.0 Å². The Hall–Kier alpha value is -2.84. The summed E-state index contributed by atoms with van der Waals surface area (Å²) in [6.07, 6.45) is -0.875. The molecule has 9 heteroatoms. The number of thioether (sulfide) groups is 1. The molecule has 1 aliphatic rings. The number of hydrogen-bond donors (Lipinski definition) is 1. The number of carboxylic acid groups (broad SMARTS) is 1. The first-order valence-electron chi connectivity index (χ1n) is 9.91. The molecule has 0 aliphatic carbocycles. The molecule has 1 heterocycles. The monoisotopic (exact) mass is 476 g/mol. The number of Topliss-reactive ketones (excluding diaryl/α,β-unsaturated/α-hetero) is 1. The largest absolute Gasteiger partial charge is 0.489 e. The molecule has 1 unspecified atom stereocenters. The molecule has 3 rings (SSSR count). The van der Waals surface area contributed by atoms with Crippen molar-refractivity contribution in [3.8, 4) is 5.75 Å². The number of hydrogen-bond acceptors (Lipinski definition) is 7. The third-order valence-corrected chi connectivity index (χ3v) is 6.09. The molecule has 1 saturated heterocycles. The van der Waals surface area contributed by atoms with Crippen LogP contribution in [0.25, 0.3) is 0 Å². The fraction of sp³-hybridized carbons (Fsp3) is 0.304. The molecule has 2 aromatic rings. The average molecular weight is 477 g/mol. The van der Waals surface area contributed by atoms with Gasteiger partial charge in [0.05, 0.1) is 24.5 Å². The normalized spacial score (nSPS) is 16.6. The first kappa shape index (κ1) is 23.8. The molecule has 2 atom stereocenters. The Morgan fingerprint density at radius 2 is 1.88 bits per heavy atom. The van der Waals surface area contributed by atoms with Gasteiger partial charge < -0.3 is 14.6 Å². The molecule has 168 valence electrons. The molecule has 32 heavy (non-hydrogen) atoms. The number of benzene rings is 2. The minimum Gasteiger partial charge on any atom is -0.489 e. The van der Waals surface area contributed by atoms with Crippen molar-refractivity contribution >= 4 is 46.2 Å². The highest BCUT2D eigenvalue weighted by molar-refractivity contribution is 8.15. The zero-order valence-corrected chi connectivity index (χ0v) is 18.6. The maximum Gasteiger partial charge on any atom is 0.307 e. The lowest BCUT2D eigenvalue weighted by Crippen LogP contribution is -2.19. The topological polar surface area (TPSA) is 107 Å². The second-order valence-electron chi connectivity index (χ2n) is 7.21. The maximum absolute atomic E-state index is 12.1. The lowest BCUT2D eigenvalue weighted by molar-refractivity contribution is -0.153. The van der Waals surface area contributed by atoms with E-state index in [-0.39, 0.29) is 42.0 Å². The van der Waals surface area contributed by atoms with Crippen molar-refractivity contribution < 1.29 is 33.8 Å². The number of aliphatic carboxylic acids is 1. The van der Waals surface area contributed by atoms with E-state index >= 15 is 0 Å². The Balaban J connectivity index is 1.62. The molecule has 2 aromatic carbocycles. The second-order valence-corrected chi connectivity index (χ2v) is 8.90. The number of carbonyl (C=O) groups is 4. The molecule has 0 spiro atoms. The highest BCUT2D eigenvalue weighted by Crippen LogP contribution is 2.29. The van der Waals surface area contributed by atoms with Crippen LogP contribution in [0.1, 0.15) is 36.5 Å². The molecular formula is C23H21ClO7S. The van der Waals surface area contributed by atoms with E-state index in [1.807, 2.05) is 12.1 Å². The van der Waals surface area contributed by atoms with Crippen molar-refractivity contribution in [1.82, 2.24) is 0 Å². The summed E-state index contributed by atoms with van der Waals surface area (Å²) >= 11 is 7.13. The van der Waals surface area contributed by atoms with E-state index in [4.69, 9.17) is 26.2 Å². The SMILES string of the molecule is O=C(O)CCC(=O)O[C@H](COc1ccc(CC2SC(=O)CC2=O)cc1)c1cccc(Cl)c1. The van der Waals surface area contributed by atoms with E-state index in [0.717, 1.165) is 17.3 Å². The van der Waals surface area contributed by atoms with Crippen LogP contribution in [-0.4, -0.2) is 39.8 Å². The number of carbonyl (C=O) groups excluding carboxylic acids is 3. The summed E-state index contributed by atoms with van der Waals surface area (Å²) in [5.41, 5.74) is 1.53. The van der Waals surface area contributed by atoms with Crippen LogP contribution in [0.4, 0.5) is 0 Å². The Labute approximate surface area is 194 Å². The van der Waals surface area contributed by atoms with Crippen molar-refractivity contribution in [2.75, 3.05) is 6.61 Å². The van der Waals surface area contributed by atoms with Crippen LogP contribution in [0, 0.1) is 0 Å². The summed E-state index contributed by atoms with van der Waals surface area (Å²) in [4.78, 5) is 46.0. The Kier molecular flexibility index (Phi) is 8.30. The van der Waals surface area contributed by atoms with Gasteiger partial charge in [-0.2, -0.15) is 0 Å². The van der Waals surface area contributed by atoms with Crippen molar-refractivity contribution in [3.05, 3.63) is 64.7 Å². The van der Waals surface area contributed by atoms with Crippen molar-refractivity contribution in [3.63, 3.8) is 0 Å². The predicted octanol–water partition coefficient (Wildman–Crippen LogP) is 4.01. The van der Waals surface area contributed by atoms with Crippen molar-refractivity contribution in [1.29, 1.82) is 0 Å². The van der Waals surface area contributed by atoms with Crippen LogP contribution in [0.3, 0.4) is 0 Å². The third kappa shape index (κ3) is 7.10. The molecule has 7 nitrogen and oxygen atoms in total. The van der Waals surface area contributed by atoms with Gasteiger partial charge in [-0.25, -0.2) is 0 Å². The van der Waals surface area contributed by atoms with Gasteiger partial charge in [0.25, 0.3) is 0 Å². The molecule has 0 aromatic heterocycles. The van der Waals surface area contributed by atoms with Gasteiger partial charge in [-0.1, -0.05) is 47.6 Å². The van der Waals surface area contributed by atoms with Crippen LogP contribution in [0.5, 0.6) is 5.75 Å². The highest BCUT2D eigenvalue weighted by atomic mass is 35.5. The zero-order valence-electron chi connectivity index (χ0n) is 17.0. The number of ether oxygens (including phenoxy) is 2. The summed E-state index contributed by atoms with van der Waals surface area (Å²) in [6.45, 7) is 0.00393. The quantitative estimate of drug-likeness (QED) is 0.405.